The largest absolute Gasteiger partial charge is 0.416 e. The Morgan fingerprint density at radius 2 is 1.60 bits per heavy atom. The van der Waals surface area contributed by atoms with Crippen molar-refractivity contribution in [2.24, 2.45) is 5.92 Å². The molecule has 2 atom stereocenters. The van der Waals surface area contributed by atoms with E-state index >= 15 is 0 Å². The van der Waals surface area contributed by atoms with E-state index in [2.05, 4.69) is 5.32 Å². The first-order chi connectivity index (χ1) is 18.5. The Morgan fingerprint density at radius 1 is 1.00 bits per heavy atom. The van der Waals surface area contributed by atoms with E-state index in [1.165, 1.54) is 37.1 Å². The zero-order valence-corrected chi connectivity index (χ0v) is 21.9. The number of amides is 3. The van der Waals surface area contributed by atoms with Crippen molar-refractivity contribution in [3.63, 3.8) is 0 Å². The highest BCUT2D eigenvalue weighted by Crippen LogP contribution is 2.38. The van der Waals surface area contributed by atoms with Crippen LogP contribution in [0.2, 0.25) is 0 Å². The Hall–Kier alpha value is -3.64. The summed E-state index contributed by atoms with van der Waals surface area (Å²) in [5.41, 5.74) is -2.23. The van der Waals surface area contributed by atoms with Gasteiger partial charge >= 0.3 is 12.4 Å². The molecule has 13 heteroatoms. The molecule has 3 amide bonds. The number of nitrogens with zero attached hydrogens (tertiary/aromatic N) is 2. The van der Waals surface area contributed by atoms with Gasteiger partial charge in [0.1, 0.15) is 5.82 Å². The fourth-order valence-corrected chi connectivity index (χ4v) is 4.90. The number of hydrogen-bond acceptors (Lipinski definition) is 3. The van der Waals surface area contributed by atoms with Gasteiger partial charge in [-0.3, -0.25) is 14.4 Å². The minimum absolute atomic E-state index is 0.0202. The normalized spacial score (nSPS) is 17.9. The summed E-state index contributed by atoms with van der Waals surface area (Å²) in [6, 6.07) is 5.12. The van der Waals surface area contributed by atoms with Gasteiger partial charge in [0.15, 0.2) is 0 Å². The summed E-state index contributed by atoms with van der Waals surface area (Å²) in [5.74, 6) is -3.31. The highest BCUT2D eigenvalue weighted by atomic mass is 19.4. The van der Waals surface area contributed by atoms with E-state index < -0.39 is 65.4 Å². The van der Waals surface area contributed by atoms with E-state index in [0.29, 0.717) is 23.3 Å². The van der Waals surface area contributed by atoms with Gasteiger partial charge in [0.2, 0.25) is 17.7 Å². The number of likely N-dealkylation sites (tertiary alicyclic amines) is 1. The van der Waals surface area contributed by atoms with Gasteiger partial charge in [-0.25, -0.2) is 4.39 Å². The third-order valence-electron chi connectivity index (χ3n) is 6.85. The number of benzene rings is 2. The van der Waals surface area contributed by atoms with E-state index in [9.17, 15) is 45.1 Å². The minimum Gasteiger partial charge on any atom is -0.347 e. The molecule has 0 radical (unpaired) electrons. The molecule has 6 nitrogen and oxygen atoms in total. The highest BCUT2D eigenvalue weighted by Gasteiger charge is 2.40. The molecule has 0 spiro atoms. The van der Waals surface area contributed by atoms with Gasteiger partial charge in [-0.2, -0.15) is 26.3 Å². The van der Waals surface area contributed by atoms with Gasteiger partial charge in [-0.1, -0.05) is 6.07 Å². The average Bonchev–Trinajstić information content (AvgIpc) is 2.85. The Morgan fingerprint density at radius 3 is 2.12 bits per heavy atom. The van der Waals surface area contributed by atoms with E-state index in [0.717, 1.165) is 4.90 Å². The highest BCUT2D eigenvalue weighted by molar-refractivity contribution is 5.85. The molecule has 3 rings (SSSR count). The van der Waals surface area contributed by atoms with Crippen LogP contribution in [0.1, 0.15) is 47.1 Å². The minimum atomic E-state index is -5.03. The van der Waals surface area contributed by atoms with E-state index in [1.54, 1.807) is 6.92 Å². The lowest BCUT2D eigenvalue weighted by Crippen LogP contribution is -2.50. The number of rotatable bonds is 6. The molecule has 1 aliphatic heterocycles. The number of piperidine rings is 1. The number of aryl methyl sites for hydroxylation is 1. The van der Waals surface area contributed by atoms with Crippen molar-refractivity contribution in [2.45, 2.75) is 45.1 Å². The van der Waals surface area contributed by atoms with Crippen molar-refractivity contribution in [3.05, 3.63) is 70.0 Å². The van der Waals surface area contributed by atoms with Crippen LogP contribution in [0.25, 0.3) is 0 Å². The average molecular weight is 576 g/mol. The molecule has 0 unspecified atom stereocenters. The third-order valence-corrected chi connectivity index (χ3v) is 6.85. The molecule has 1 heterocycles. The summed E-state index contributed by atoms with van der Waals surface area (Å²) in [6.45, 7) is 2.25. The zero-order chi connectivity index (χ0) is 30.0. The van der Waals surface area contributed by atoms with Crippen LogP contribution in [-0.4, -0.2) is 54.2 Å². The first-order valence-electron chi connectivity index (χ1n) is 12.3. The Kier molecular flexibility index (Phi) is 9.15. The van der Waals surface area contributed by atoms with Crippen LogP contribution < -0.4 is 5.32 Å². The summed E-state index contributed by atoms with van der Waals surface area (Å²) >= 11 is 0. The fraction of sp³-hybridized carbons (Fsp3) is 0.444. The molecule has 0 aromatic heterocycles. The molecular weight excluding hydrogens is 547 g/mol. The van der Waals surface area contributed by atoms with Crippen LogP contribution in [0, 0.1) is 18.7 Å². The van der Waals surface area contributed by atoms with Crippen LogP contribution in [0.5, 0.6) is 0 Å². The smallest absolute Gasteiger partial charge is 0.347 e. The number of carbonyl (C=O) groups is 3. The first kappa shape index (κ1) is 30.9. The number of hydrogen-bond donors (Lipinski definition) is 1. The molecule has 1 N–H and O–H groups in total. The molecule has 1 fully saturated rings. The second kappa shape index (κ2) is 11.8. The topological polar surface area (TPSA) is 69.7 Å². The molecule has 218 valence electrons. The summed E-state index contributed by atoms with van der Waals surface area (Å²) in [5, 5.41) is 2.41. The Balaban J connectivity index is 1.90. The summed E-state index contributed by atoms with van der Waals surface area (Å²) in [7, 11) is 1.28. The van der Waals surface area contributed by atoms with Crippen molar-refractivity contribution in [2.75, 3.05) is 26.7 Å². The van der Waals surface area contributed by atoms with Crippen LogP contribution in [0.15, 0.2) is 36.4 Å². The molecule has 0 saturated carbocycles. The van der Waals surface area contributed by atoms with E-state index in [4.69, 9.17) is 0 Å². The quantitative estimate of drug-likeness (QED) is 0.499. The fourth-order valence-electron chi connectivity index (χ4n) is 4.90. The van der Waals surface area contributed by atoms with Crippen LogP contribution in [0.3, 0.4) is 0 Å². The Bertz CT molecular complexity index is 1240. The second-order valence-corrected chi connectivity index (χ2v) is 9.86. The van der Waals surface area contributed by atoms with Gasteiger partial charge in [-0.15, -0.1) is 0 Å². The third kappa shape index (κ3) is 7.51. The molecule has 2 aromatic rings. The number of nitrogens with one attached hydrogen (secondary N) is 1. The van der Waals surface area contributed by atoms with E-state index in [1.807, 2.05) is 0 Å². The van der Waals surface area contributed by atoms with Gasteiger partial charge in [0.25, 0.3) is 0 Å². The first-order valence-corrected chi connectivity index (χ1v) is 12.3. The van der Waals surface area contributed by atoms with Crippen LogP contribution >= 0.6 is 0 Å². The molecule has 1 aliphatic rings. The van der Waals surface area contributed by atoms with Crippen molar-refractivity contribution in [1.82, 2.24) is 15.1 Å². The van der Waals surface area contributed by atoms with Crippen molar-refractivity contribution in [1.29, 1.82) is 0 Å². The lowest BCUT2D eigenvalue weighted by molar-refractivity contribution is -0.143. The van der Waals surface area contributed by atoms with Gasteiger partial charge in [0, 0.05) is 45.4 Å². The van der Waals surface area contributed by atoms with Crippen LogP contribution in [-0.2, 0) is 33.3 Å². The van der Waals surface area contributed by atoms with Gasteiger partial charge in [-0.05, 0) is 60.4 Å². The molecule has 1 saturated heterocycles. The van der Waals surface area contributed by atoms with Crippen molar-refractivity contribution in [3.8, 4) is 0 Å². The predicted octanol–water partition coefficient (Wildman–Crippen LogP) is 4.90. The van der Waals surface area contributed by atoms with Crippen molar-refractivity contribution < 1.29 is 45.1 Å². The maximum Gasteiger partial charge on any atom is 0.416 e. The van der Waals surface area contributed by atoms with Crippen LogP contribution in [0.4, 0.5) is 30.7 Å². The van der Waals surface area contributed by atoms with Gasteiger partial charge < -0.3 is 15.1 Å². The number of carbonyl (C=O) groups excluding carboxylic acids is 3. The summed E-state index contributed by atoms with van der Waals surface area (Å²) in [6.07, 6.45) is -9.92. The standard InChI is InChI=1S/C27H28F7N3O3/c1-15-8-20(28)4-5-21(15)23-14-37(24(39)12-35-16(2)38)7-6-22(23)25(40)36(3)13-17-9-18(26(29,30)31)11-19(10-17)27(32,33)34/h4-5,8-11,22-23H,6-7,12-14H2,1-3H3,(H,35,38)/t22-,23+/m0/s1. The van der Waals surface area contributed by atoms with Crippen molar-refractivity contribution >= 4 is 17.7 Å². The lowest BCUT2D eigenvalue weighted by Gasteiger charge is -2.40. The zero-order valence-electron chi connectivity index (χ0n) is 21.9. The van der Waals surface area contributed by atoms with Gasteiger partial charge in [0.05, 0.1) is 17.7 Å². The summed E-state index contributed by atoms with van der Waals surface area (Å²) in [4.78, 5) is 40.0. The molecule has 40 heavy (non-hydrogen) atoms. The van der Waals surface area contributed by atoms with E-state index in [-0.39, 0.29) is 37.7 Å². The monoisotopic (exact) mass is 575 g/mol. The maximum absolute atomic E-state index is 13.8. The molecule has 2 aromatic carbocycles. The lowest BCUT2D eigenvalue weighted by atomic mass is 9.78. The maximum atomic E-state index is 13.8. The molecular formula is C27H28F7N3O3. The molecule has 0 bridgehead atoms. The second-order valence-electron chi connectivity index (χ2n) is 9.86. The summed E-state index contributed by atoms with van der Waals surface area (Å²) < 4.78 is 93.6. The number of alkyl halides is 6. The Labute approximate surface area is 226 Å². The predicted molar refractivity (Wildman–Crippen MR) is 130 cm³/mol. The molecule has 0 aliphatic carbocycles. The SMILES string of the molecule is CC(=O)NCC(=O)N1CC[C@H](C(=O)N(C)Cc2cc(C(F)(F)F)cc(C(F)(F)F)c2)[C@@H](c2ccc(F)cc2C)C1. The number of halogens is 7.